The predicted molar refractivity (Wildman–Crippen MR) is 145 cm³/mol. The van der Waals surface area contributed by atoms with Gasteiger partial charge in [-0.05, 0) is 90.7 Å². The number of rotatable bonds is 9. The third kappa shape index (κ3) is 6.69. The fourth-order valence-electron chi connectivity index (χ4n) is 3.92. The summed E-state index contributed by atoms with van der Waals surface area (Å²) < 4.78 is 71.0. The van der Waals surface area contributed by atoms with Crippen molar-refractivity contribution in [2.75, 3.05) is 23.0 Å². The van der Waals surface area contributed by atoms with Gasteiger partial charge in [0.05, 0.1) is 15.5 Å². The van der Waals surface area contributed by atoms with Crippen LogP contribution in [0.4, 0.5) is 28.4 Å². The molecule has 0 amide bonds. The van der Waals surface area contributed by atoms with Crippen LogP contribution in [-0.4, -0.2) is 33.0 Å². The number of hydrogen-bond acceptors (Lipinski definition) is 9. The Kier molecular flexibility index (Phi) is 7.74. The van der Waals surface area contributed by atoms with E-state index in [0.29, 0.717) is 28.2 Å². The van der Waals surface area contributed by atoms with Crippen LogP contribution in [0.3, 0.4) is 0 Å². The Morgan fingerprint density at radius 2 is 1.18 bits per heavy atom. The first-order valence-electron chi connectivity index (χ1n) is 11.5. The van der Waals surface area contributed by atoms with Crippen molar-refractivity contribution in [1.29, 1.82) is 0 Å². The average Bonchev–Trinajstić information content (AvgIpc) is 2.86. The summed E-state index contributed by atoms with van der Waals surface area (Å²) in [6.07, 6.45) is 0.242. The summed E-state index contributed by atoms with van der Waals surface area (Å²) in [4.78, 5) is -0.639. The van der Waals surface area contributed by atoms with E-state index in [9.17, 15) is 25.9 Å². The minimum absolute atomic E-state index is 0.153. The number of anilines is 5. The van der Waals surface area contributed by atoms with Crippen LogP contribution >= 0.6 is 0 Å². The highest BCUT2D eigenvalue weighted by Crippen LogP contribution is 2.30. The first-order valence-corrected chi connectivity index (χ1v) is 14.3. The van der Waals surface area contributed by atoms with E-state index in [-0.39, 0.29) is 17.0 Å². The third-order valence-corrected chi connectivity index (χ3v) is 7.63. The first kappa shape index (κ1) is 27.1. The van der Waals surface area contributed by atoms with Gasteiger partial charge >= 0.3 is 0 Å². The molecular weight excluding hydrogens is 526 g/mol. The van der Waals surface area contributed by atoms with E-state index >= 15 is 0 Å². The monoisotopic (exact) mass is 551 g/mol. The molecule has 0 heterocycles. The summed E-state index contributed by atoms with van der Waals surface area (Å²) >= 11 is 0. The summed E-state index contributed by atoms with van der Waals surface area (Å²) in [5, 5.41) is 9.03. The van der Waals surface area contributed by atoms with Crippen LogP contribution in [0.5, 0.6) is 0 Å². The second-order valence-electron chi connectivity index (χ2n) is 8.68. The fraction of sp³-hybridized carbons (Fsp3) is 0.111. The molecule has 0 aromatic heterocycles. The molecule has 0 unspecified atom stereocenters. The van der Waals surface area contributed by atoms with Crippen molar-refractivity contribution < 1.29 is 25.9 Å². The van der Waals surface area contributed by atoms with Crippen LogP contribution in [0.1, 0.15) is 16.7 Å². The molecule has 0 bridgehead atoms. The quantitative estimate of drug-likeness (QED) is 0.246. The van der Waals surface area contributed by atoms with Crippen LogP contribution in [0.15, 0.2) is 94.7 Å². The average molecular weight is 552 g/mol. The van der Waals surface area contributed by atoms with Crippen LogP contribution in [0, 0.1) is 6.92 Å². The maximum absolute atomic E-state index is 12.0. The largest absolute Gasteiger partial charge is 0.744 e. The lowest BCUT2D eigenvalue weighted by atomic mass is 10.0. The van der Waals surface area contributed by atoms with Crippen LogP contribution in [-0.2, 0) is 26.7 Å². The molecule has 4 rings (SSSR count). The van der Waals surface area contributed by atoms with Crippen molar-refractivity contribution in [2.45, 2.75) is 23.1 Å². The van der Waals surface area contributed by atoms with Gasteiger partial charge in [0.1, 0.15) is 20.2 Å². The Morgan fingerprint density at radius 1 is 0.632 bits per heavy atom. The van der Waals surface area contributed by atoms with E-state index in [1.807, 2.05) is 12.1 Å². The summed E-state index contributed by atoms with van der Waals surface area (Å²) in [6.45, 7) is 1.71. The second kappa shape index (κ2) is 10.8. The van der Waals surface area contributed by atoms with Crippen molar-refractivity contribution in [3.05, 3.63) is 102 Å². The van der Waals surface area contributed by atoms with Gasteiger partial charge in [0.15, 0.2) is 0 Å². The van der Waals surface area contributed by atoms with Gasteiger partial charge in [-0.15, -0.1) is 0 Å². The molecular formula is C27H25N3O6S2-2. The fourth-order valence-corrected chi connectivity index (χ4v) is 5.37. The molecule has 198 valence electrons. The molecule has 0 saturated carbocycles. The molecule has 0 spiro atoms. The molecule has 9 nitrogen and oxygen atoms in total. The molecule has 3 N–H and O–H groups in total. The van der Waals surface area contributed by atoms with Crippen molar-refractivity contribution in [3.8, 4) is 0 Å². The Balaban J connectivity index is 1.53. The second-order valence-corrected chi connectivity index (χ2v) is 11.4. The highest BCUT2D eigenvalue weighted by atomic mass is 32.2. The smallest absolute Gasteiger partial charge is 0.126 e. The van der Waals surface area contributed by atoms with Gasteiger partial charge < -0.3 is 25.1 Å². The molecule has 0 aliphatic carbocycles. The number of hydrogen-bond donors (Lipinski definition) is 3. The molecule has 0 atom stereocenters. The molecule has 0 radical (unpaired) electrons. The van der Waals surface area contributed by atoms with E-state index in [2.05, 4.69) is 16.0 Å². The molecule has 4 aromatic carbocycles. The van der Waals surface area contributed by atoms with E-state index in [1.54, 1.807) is 68.6 Å². The van der Waals surface area contributed by atoms with E-state index < -0.39 is 25.1 Å². The van der Waals surface area contributed by atoms with E-state index in [4.69, 9.17) is 0 Å². The van der Waals surface area contributed by atoms with Crippen molar-refractivity contribution in [2.24, 2.45) is 0 Å². The van der Waals surface area contributed by atoms with E-state index in [1.165, 1.54) is 18.2 Å². The Hall–Kier alpha value is -3.90. The normalized spacial score (nSPS) is 11.7. The Bertz CT molecular complexity index is 1670. The van der Waals surface area contributed by atoms with Gasteiger partial charge in [0.25, 0.3) is 0 Å². The molecule has 38 heavy (non-hydrogen) atoms. The van der Waals surface area contributed by atoms with Crippen LogP contribution < -0.4 is 16.0 Å². The van der Waals surface area contributed by atoms with Gasteiger partial charge in [0.2, 0.25) is 0 Å². The molecule has 4 aromatic rings. The Morgan fingerprint density at radius 3 is 1.79 bits per heavy atom. The topological polar surface area (TPSA) is 150 Å². The lowest BCUT2D eigenvalue weighted by molar-refractivity contribution is 0.460. The van der Waals surface area contributed by atoms with Crippen molar-refractivity contribution >= 4 is 48.7 Å². The highest BCUT2D eigenvalue weighted by molar-refractivity contribution is 7.86. The van der Waals surface area contributed by atoms with Crippen molar-refractivity contribution in [3.63, 3.8) is 0 Å². The maximum Gasteiger partial charge on any atom is 0.126 e. The Labute approximate surface area is 222 Å². The highest BCUT2D eigenvalue weighted by Gasteiger charge is 2.13. The minimum Gasteiger partial charge on any atom is -0.744 e. The standard InChI is InChI=1S/C27H27N3O6S2/c1-18-3-6-20(26(15-18)37(31,32)33)16-19-4-7-22(8-5-19)29-24-13-14-25(27(17-24)38(34,35)36)30-23-11-9-21(28-2)10-12-23/h3-15,17,28-30H,16H2,1-2H3,(H,31,32,33)(H,34,35,36)/p-2. The third-order valence-electron chi connectivity index (χ3n) is 5.83. The first-order chi connectivity index (χ1) is 17.9. The number of benzene rings is 4. The summed E-state index contributed by atoms with van der Waals surface area (Å²) in [6, 6.07) is 23.3. The van der Waals surface area contributed by atoms with Gasteiger partial charge in [-0.25, -0.2) is 16.8 Å². The molecule has 0 fully saturated rings. The SMILES string of the molecule is CNc1ccc(Nc2ccc(Nc3ccc(Cc4ccc(C)cc4S(=O)(=O)[O-])cc3)cc2S(=O)(=O)[O-])cc1. The molecule has 11 heteroatoms. The molecule has 0 aliphatic heterocycles. The number of aryl methyl sites for hydroxylation is 1. The maximum atomic E-state index is 12.0. The lowest BCUT2D eigenvalue weighted by Crippen LogP contribution is -2.05. The molecule has 0 saturated heterocycles. The zero-order chi connectivity index (χ0) is 27.5. The van der Waals surface area contributed by atoms with Gasteiger partial charge in [0, 0.05) is 29.8 Å². The molecule has 0 aliphatic rings. The summed E-state index contributed by atoms with van der Waals surface area (Å²) in [5.74, 6) is 0. The minimum atomic E-state index is -4.78. The van der Waals surface area contributed by atoms with Crippen LogP contribution in [0.2, 0.25) is 0 Å². The summed E-state index contributed by atoms with van der Waals surface area (Å²) in [7, 11) is -7.61. The predicted octanol–water partition coefficient (Wildman–Crippen LogP) is 4.92. The lowest BCUT2D eigenvalue weighted by Gasteiger charge is -2.17. The zero-order valence-corrected chi connectivity index (χ0v) is 22.2. The van der Waals surface area contributed by atoms with Gasteiger partial charge in [-0.1, -0.05) is 24.3 Å². The number of nitrogens with one attached hydrogen (secondary N) is 3. The van der Waals surface area contributed by atoms with Gasteiger partial charge in [-0.2, -0.15) is 0 Å². The van der Waals surface area contributed by atoms with Crippen molar-refractivity contribution in [1.82, 2.24) is 0 Å². The zero-order valence-electron chi connectivity index (χ0n) is 20.6. The van der Waals surface area contributed by atoms with Crippen LogP contribution in [0.25, 0.3) is 0 Å². The van der Waals surface area contributed by atoms with E-state index in [0.717, 1.165) is 11.3 Å². The van der Waals surface area contributed by atoms with Gasteiger partial charge in [-0.3, -0.25) is 0 Å². The summed E-state index contributed by atoms with van der Waals surface area (Å²) in [5.41, 5.74) is 4.51.